The van der Waals surface area contributed by atoms with Crippen molar-refractivity contribution < 1.29 is 13.9 Å². The summed E-state index contributed by atoms with van der Waals surface area (Å²) in [5.41, 5.74) is 1.52. The zero-order valence-corrected chi connectivity index (χ0v) is 13.8. The van der Waals surface area contributed by atoms with Gasteiger partial charge in [0.15, 0.2) is 11.5 Å². The molecule has 2 rings (SSSR count). The van der Waals surface area contributed by atoms with Gasteiger partial charge in [0.2, 0.25) is 0 Å². The van der Waals surface area contributed by atoms with Crippen molar-refractivity contribution in [2.75, 3.05) is 21.3 Å². The SMILES string of the molecule is CNC(c1csc(Br)c1)c1cc(OC)c(OC)cc1F. The minimum atomic E-state index is -0.329. The van der Waals surface area contributed by atoms with Crippen LogP contribution in [0.2, 0.25) is 0 Å². The molecule has 6 heteroatoms. The normalized spacial score (nSPS) is 12.2. The molecule has 0 radical (unpaired) electrons. The van der Waals surface area contributed by atoms with E-state index in [0.717, 1.165) is 9.35 Å². The average Bonchev–Trinajstić information content (AvgIpc) is 2.87. The first-order valence-corrected chi connectivity index (χ1v) is 7.60. The van der Waals surface area contributed by atoms with Gasteiger partial charge in [-0.2, -0.15) is 0 Å². The molecule has 0 spiro atoms. The monoisotopic (exact) mass is 359 g/mol. The zero-order chi connectivity index (χ0) is 14.7. The van der Waals surface area contributed by atoms with Gasteiger partial charge in [0, 0.05) is 11.6 Å². The number of methoxy groups -OCH3 is 2. The van der Waals surface area contributed by atoms with E-state index in [1.807, 2.05) is 11.4 Å². The number of thiophene rings is 1. The predicted molar refractivity (Wildman–Crippen MR) is 82.4 cm³/mol. The highest BCUT2D eigenvalue weighted by Crippen LogP contribution is 2.36. The van der Waals surface area contributed by atoms with Gasteiger partial charge in [-0.1, -0.05) is 0 Å². The largest absolute Gasteiger partial charge is 0.493 e. The highest BCUT2D eigenvalue weighted by atomic mass is 79.9. The Morgan fingerprint density at radius 1 is 1.20 bits per heavy atom. The second-order valence-corrected chi connectivity index (χ2v) is 6.43. The Hall–Kier alpha value is -1.11. The van der Waals surface area contributed by atoms with E-state index in [-0.39, 0.29) is 11.9 Å². The van der Waals surface area contributed by atoms with E-state index in [0.29, 0.717) is 17.1 Å². The Bertz CT molecular complexity index is 603. The molecule has 20 heavy (non-hydrogen) atoms. The summed E-state index contributed by atoms with van der Waals surface area (Å²) in [6.07, 6.45) is 0. The van der Waals surface area contributed by atoms with Gasteiger partial charge in [0.05, 0.1) is 24.0 Å². The molecular formula is C14H15BrFNO2S. The molecule has 1 atom stereocenters. The second-order valence-electron chi connectivity index (χ2n) is 4.13. The van der Waals surface area contributed by atoms with Gasteiger partial charge in [-0.25, -0.2) is 4.39 Å². The first-order chi connectivity index (χ1) is 9.60. The van der Waals surface area contributed by atoms with Crippen LogP contribution in [0.1, 0.15) is 17.2 Å². The quantitative estimate of drug-likeness (QED) is 0.875. The maximum atomic E-state index is 14.3. The van der Waals surface area contributed by atoms with Gasteiger partial charge in [0.25, 0.3) is 0 Å². The lowest BCUT2D eigenvalue weighted by Gasteiger charge is -2.18. The van der Waals surface area contributed by atoms with Crippen molar-refractivity contribution in [2.24, 2.45) is 0 Å². The molecule has 0 bridgehead atoms. The molecule has 1 unspecified atom stereocenters. The molecule has 0 saturated carbocycles. The van der Waals surface area contributed by atoms with Gasteiger partial charge >= 0.3 is 0 Å². The molecule has 0 aliphatic carbocycles. The van der Waals surface area contributed by atoms with Crippen LogP contribution in [-0.2, 0) is 0 Å². The fourth-order valence-corrected chi connectivity index (χ4v) is 3.27. The van der Waals surface area contributed by atoms with Crippen LogP contribution in [0.15, 0.2) is 27.4 Å². The van der Waals surface area contributed by atoms with Crippen molar-refractivity contribution in [2.45, 2.75) is 6.04 Å². The van der Waals surface area contributed by atoms with Gasteiger partial charge in [-0.05, 0) is 46.1 Å². The van der Waals surface area contributed by atoms with Gasteiger partial charge in [0.1, 0.15) is 5.82 Å². The van der Waals surface area contributed by atoms with Crippen LogP contribution in [-0.4, -0.2) is 21.3 Å². The van der Waals surface area contributed by atoms with E-state index in [1.165, 1.54) is 20.3 Å². The number of halogens is 2. The third-order valence-electron chi connectivity index (χ3n) is 3.02. The van der Waals surface area contributed by atoms with Crippen LogP contribution < -0.4 is 14.8 Å². The number of benzene rings is 1. The second kappa shape index (κ2) is 6.56. The van der Waals surface area contributed by atoms with E-state index in [4.69, 9.17) is 9.47 Å². The summed E-state index contributed by atoms with van der Waals surface area (Å²) in [7, 11) is 4.82. The minimum Gasteiger partial charge on any atom is -0.493 e. The summed E-state index contributed by atoms with van der Waals surface area (Å²) in [5, 5.41) is 5.11. The fraction of sp³-hybridized carbons (Fsp3) is 0.286. The molecule has 1 aromatic heterocycles. The van der Waals surface area contributed by atoms with E-state index in [1.54, 1.807) is 24.5 Å². The van der Waals surface area contributed by atoms with Crippen LogP contribution in [0.3, 0.4) is 0 Å². The molecule has 1 aromatic carbocycles. The minimum absolute atomic E-state index is 0.239. The molecule has 1 N–H and O–H groups in total. The molecule has 0 fully saturated rings. The Morgan fingerprint density at radius 3 is 2.35 bits per heavy atom. The molecule has 0 amide bonds. The maximum Gasteiger partial charge on any atom is 0.163 e. The van der Waals surface area contributed by atoms with E-state index >= 15 is 0 Å². The van der Waals surface area contributed by atoms with Crippen LogP contribution in [0.25, 0.3) is 0 Å². The summed E-state index contributed by atoms with van der Waals surface area (Å²) in [6.45, 7) is 0. The molecule has 0 aliphatic heterocycles. The van der Waals surface area contributed by atoms with Crippen molar-refractivity contribution in [1.82, 2.24) is 5.32 Å². The van der Waals surface area contributed by atoms with Gasteiger partial charge in [-0.15, -0.1) is 11.3 Å². The van der Waals surface area contributed by atoms with Gasteiger partial charge in [-0.3, -0.25) is 0 Å². The third kappa shape index (κ3) is 2.97. The zero-order valence-electron chi connectivity index (χ0n) is 11.4. The van der Waals surface area contributed by atoms with Crippen molar-refractivity contribution in [3.05, 3.63) is 44.3 Å². The Kier molecular flexibility index (Phi) is 5.01. The molecule has 108 valence electrons. The van der Waals surface area contributed by atoms with Gasteiger partial charge < -0.3 is 14.8 Å². The summed E-state index contributed by atoms with van der Waals surface area (Å²) in [5.74, 6) is 0.567. The average molecular weight is 360 g/mol. The lowest BCUT2D eigenvalue weighted by molar-refractivity contribution is 0.351. The maximum absolute atomic E-state index is 14.3. The predicted octanol–water partition coefficient (Wildman–Crippen LogP) is 3.98. The summed E-state index contributed by atoms with van der Waals surface area (Å²) in [6, 6.07) is 4.75. The Labute approximate surface area is 129 Å². The molecular weight excluding hydrogens is 345 g/mol. The van der Waals surface area contributed by atoms with Crippen molar-refractivity contribution in [3.8, 4) is 11.5 Å². The topological polar surface area (TPSA) is 30.5 Å². The first-order valence-electron chi connectivity index (χ1n) is 5.93. The number of rotatable bonds is 5. The summed E-state index contributed by atoms with van der Waals surface area (Å²) in [4.78, 5) is 0. The summed E-state index contributed by atoms with van der Waals surface area (Å²) >= 11 is 4.99. The molecule has 0 saturated heterocycles. The molecule has 3 nitrogen and oxygen atoms in total. The fourth-order valence-electron chi connectivity index (χ4n) is 2.07. The lowest BCUT2D eigenvalue weighted by atomic mass is 10.0. The van der Waals surface area contributed by atoms with Crippen molar-refractivity contribution in [3.63, 3.8) is 0 Å². The molecule has 0 aliphatic rings. The van der Waals surface area contributed by atoms with Crippen LogP contribution in [0.4, 0.5) is 4.39 Å². The number of hydrogen-bond acceptors (Lipinski definition) is 4. The Morgan fingerprint density at radius 2 is 1.85 bits per heavy atom. The van der Waals surface area contributed by atoms with E-state index in [2.05, 4.69) is 21.2 Å². The van der Waals surface area contributed by atoms with E-state index < -0.39 is 0 Å². The molecule has 1 heterocycles. The third-order valence-corrected chi connectivity index (χ3v) is 4.55. The van der Waals surface area contributed by atoms with Crippen LogP contribution in [0, 0.1) is 5.82 Å². The highest BCUT2D eigenvalue weighted by molar-refractivity contribution is 9.11. The van der Waals surface area contributed by atoms with Crippen molar-refractivity contribution in [1.29, 1.82) is 0 Å². The standard InChI is InChI=1S/C14H15BrFNO2S/c1-17-14(8-4-13(15)20-7-8)9-5-11(18-2)12(19-3)6-10(9)16/h4-7,14,17H,1-3H3. The summed E-state index contributed by atoms with van der Waals surface area (Å²) < 4.78 is 25.7. The van der Waals surface area contributed by atoms with Crippen molar-refractivity contribution >= 4 is 27.3 Å². The molecule has 2 aromatic rings. The van der Waals surface area contributed by atoms with Crippen LogP contribution >= 0.6 is 27.3 Å². The smallest absolute Gasteiger partial charge is 0.163 e. The number of nitrogens with one attached hydrogen (secondary N) is 1. The number of ether oxygens (including phenoxy) is 2. The first kappa shape index (κ1) is 15.3. The lowest BCUT2D eigenvalue weighted by Crippen LogP contribution is -2.18. The number of hydrogen-bond donors (Lipinski definition) is 1. The van der Waals surface area contributed by atoms with Crippen LogP contribution in [0.5, 0.6) is 11.5 Å². The van der Waals surface area contributed by atoms with E-state index in [9.17, 15) is 4.39 Å². The highest BCUT2D eigenvalue weighted by Gasteiger charge is 2.20. The Balaban J connectivity index is 2.49.